The van der Waals surface area contributed by atoms with Crippen LogP contribution in [0.15, 0.2) is 0 Å². The summed E-state index contributed by atoms with van der Waals surface area (Å²) in [6.45, 7) is 18.2. The number of alkyl halides is 3. The molecule has 0 aromatic carbocycles. The number of carbonyl (C=O) groups is 2. The van der Waals surface area contributed by atoms with E-state index in [1.165, 1.54) is 0 Å². The van der Waals surface area contributed by atoms with Gasteiger partial charge >= 0.3 is 18.2 Å². The molecule has 8 nitrogen and oxygen atoms in total. The SMILES string of the molecule is CC1CN(C(=O)OC(C)(C)C)CC(C)N1C.CC1CNCC(C)N1C.O=C(O)C(F)(F)F. The minimum absolute atomic E-state index is 0.195. The Kier molecular flexibility index (Phi) is 12.0. The van der Waals surface area contributed by atoms with Gasteiger partial charge in [0.1, 0.15) is 5.60 Å². The van der Waals surface area contributed by atoms with Gasteiger partial charge in [-0.25, -0.2) is 9.59 Å². The lowest BCUT2D eigenvalue weighted by Crippen LogP contribution is -2.57. The topological polar surface area (TPSA) is 85.4 Å². The van der Waals surface area contributed by atoms with E-state index in [2.05, 4.69) is 56.9 Å². The molecule has 2 fully saturated rings. The summed E-state index contributed by atoms with van der Waals surface area (Å²) >= 11 is 0. The standard InChI is InChI=1S/C12H24N2O2.C7H16N2.C2HF3O2/c1-9-7-14(8-10(2)13(9)6)11(15)16-12(3,4)5;1-6-4-8-5-7(2)9(6)3;3-2(4,5)1(6)7/h9-10H,7-8H2,1-6H3;6-8H,4-5H2,1-3H3;(H,6,7). The van der Waals surface area contributed by atoms with Crippen molar-refractivity contribution in [3.8, 4) is 0 Å². The zero-order chi connectivity index (χ0) is 25.4. The lowest BCUT2D eigenvalue weighted by molar-refractivity contribution is -0.192. The fourth-order valence-corrected chi connectivity index (χ4v) is 3.10. The number of nitrogens with zero attached hydrogens (tertiary/aromatic N) is 3. The van der Waals surface area contributed by atoms with Crippen LogP contribution in [0.4, 0.5) is 18.0 Å². The number of piperazine rings is 2. The largest absolute Gasteiger partial charge is 0.490 e. The normalized spacial score (nSPS) is 27.4. The average molecular weight is 471 g/mol. The van der Waals surface area contributed by atoms with Gasteiger partial charge in [0.2, 0.25) is 0 Å². The first kappa shape index (κ1) is 30.4. The lowest BCUT2D eigenvalue weighted by atomic mass is 10.1. The van der Waals surface area contributed by atoms with E-state index in [-0.39, 0.29) is 6.09 Å². The van der Waals surface area contributed by atoms with Gasteiger partial charge in [-0.3, -0.25) is 9.80 Å². The van der Waals surface area contributed by atoms with Gasteiger partial charge in [0.15, 0.2) is 0 Å². The molecule has 2 aliphatic heterocycles. The van der Waals surface area contributed by atoms with Crippen molar-refractivity contribution in [2.75, 3.05) is 40.3 Å². The van der Waals surface area contributed by atoms with E-state index < -0.39 is 17.7 Å². The summed E-state index contributed by atoms with van der Waals surface area (Å²) in [7, 11) is 4.29. The number of nitrogens with one attached hydrogen (secondary N) is 1. The molecule has 11 heteroatoms. The van der Waals surface area contributed by atoms with E-state index in [1.807, 2.05) is 20.8 Å². The third-order valence-electron chi connectivity index (χ3n) is 5.52. The molecule has 190 valence electrons. The van der Waals surface area contributed by atoms with Gasteiger partial charge in [-0.05, 0) is 62.6 Å². The molecule has 0 saturated carbocycles. The van der Waals surface area contributed by atoms with E-state index in [4.69, 9.17) is 14.6 Å². The Morgan fingerprint density at radius 3 is 1.50 bits per heavy atom. The Labute approximate surface area is 190 Å². The number of amides is 1. The van der Waals surface area contributed by atoms with Crippen LogP contribution in [0.3, 0.4) is 0 Å². The second-order valence-electron chi connectivity index (χ2n) is 9.57. The monoisotopic (exact) mass is 470 g/mol. The highest BCUT2D eigenvalue weighted by Crippen LogP contribution is 2.17. The molecule has 0 aromatic heterocycles. The summed E-state index contributed by atoms with van der Waals surface area (Å²) in [5, 5.41) is 10.5. The van der Waals surface area contributed by atoms with Crippen LogP contribution in [-0.4, -0.2) is 108 Å². The van der Waals surface area contributed by atoms with Crippen molar-refractivity contribution in [3.63, 3.8) is 0 Å². The first-order valence-electron chi connectivity index (χ1n) is 10.8. The Morgan fingerprint density at radius 2 is 1.22 bits per heavy atom. The van der Waals surface area contributed by atoms with E-state index in [9.17, 15) is 18.0 Å². The molecular weight excluding hydrogens is 429 g/mol. The molecule has 0 radical (unpaired) electrons. The summed E-state index contributed by atoms with van der Waals surface area (Å²) in [5.74, 6) is -2.76. The van der Waals surface area contributed by atoms with Gasteiger partial charge in [-0.15, -0.1) is 0 Å². The molecule has 0 bridgehead atoms. The van der Waals surface area contributed by atoms with Crippen molar-refractivity contribution in [2.24, 2.45) is 0 Å². The van der Waals surface area contributed by atoms with E-state index in [0.717, 1.165) is 26.2 Å². The maximum absolute atomic E-state index is 11.9. The highest BCUT2D eigenvalue weighted by Gasteiger charge is 2.38. The van der Waals surface area contributed by atoms with E-state index in [0.29, 0.717) is 24.2 Å². The predicted octanol–water partition coefficient (Wildman–Crippen LogP) is 2.88. The van der Waals surface area contributed by atoms with Crippen LogP contribution >= 0.6 is 0 Å². The Morgan fingerprint density at radius 1 is 0.875 bits per heavy atom. The maximum Gasteiger partial charge on any atom is 0.490 e. The van der Waals surface area contributed by atoms with Crippen LogP contribution in [0.5, 0.6) is 0 Å². The molecule has 32 heavy (non-hydrogen) atoms. The summed E-state index contributed by atoms with van der Waals surface area (Å²) in [6, 6.07) is 2.18. The number of carbonyl (C=O) groups excluding carboxylic acids is 1. The third kappa shape index (κ3) is 11.3. The number of hydrogen-bond donors (Lipinski definition) is 2. The van der Waals surface area contributed by atoms with E-state index in [1.54, 1.807) is 4.90 Å². The van der Waals surface area contributed by atoms with Gasteiger partial charge in [0.05, 0.1) is 0 Å². The number of carboxylic acids is 1. The molecule has 1 amide bonds. The number of hydrogen-bond acceptors (Lipinski definition) is 6. The lowest BCUT2D eigenvalue weighted by Gasteiger charge is -2.42. The number of rotatable bonds is 0. The Balaban J connectivity index is 0.000000506. The summed E-state index contributed by atoms with van der Waals surface area (Å²) < 4.78 is 37.1. The number of aliphatic carboxylic acids is 1. The fourth-order valence-electron chi connectivity index (χ4n) is 3.10. The van der Waals surface area contributed by atoms with Gasteiger partial charge in [0.25, 0.3) is 0 Å². The fraction of sp³-hybridized carbons (Fsp3) is 0.905. The maximum atomic E-state index is 11.9. The summed E-state index contributed by atoms with van der Waals surface area (Å²) in [6.07, 6.45) is -5.28. The molecule has 0 spiro atoms. The smallest absolute Gasteiger partial charge is 0.475 e. The van der Waals surface area contributed by atoms with Crippen LogP contribution in [0.2, 0.25) is 0 Å². The minimum atomic E-state index is -5.08. The molecular formula is C21H41F3N4O4. The van der Waals surface area contributed by atoms with Crippen molar-refractivity contribution in [1.82, 2.24) is 20.0 Å². The number of likely N-dealkylation sites (N-methyl/N-ethyl adjacent to an activating group) is 2. The van der Waals surface area contributed by atoms with Crippen molar-refractivity contribution in [2.45, 2.75) is 84.4 Å². The van der Waals surface area contributed by atoms with Crippen LogP contribution in [-0.2, 0) is 9.53 Å². The van der Waals surface area contributed by atoms with Gasteiger partial charge in [-0.1, -0.05) is 0 Å². The second-order valence-corrected chi connectivity index (χ2v) is 9.57. The molecule has 4 unspecified atom stereocenters. The molecule has 4 atom stereocenters. The minimum Gasteiger partial charge on any atom is -0.475 e. The number of carboxylic acid groups (broad SMARTS) is 1. The number of ether oxygens (including phenoxy) is 1. The first-order chi connectivity index (χ1) is 14.4. The van der Waals surface area contributed by atoms with Crippen molar-refractivity contribution in [3.05, 3.63) is 0 Å². The second kappa shape index (κ2) is 12.6. The highest BCUT2D eigenvalue weighted by atomic mass is 19.4. The summed E-state index contributed by atoms with van der Waals surface area (Å²) in [5.41, 5.74) is -0.410. The molecule has 2 rings (SSSR count). The zero-order valence-corrected chi connectivity index (χ0v) is 20.8. The van der Waals surface area contributed by atoms with Crippen molar-refractivity contribution < 1.29 is 32.6 Å². The molecule has 0 aromatic rings. The first-order valence-corrected chi connectivity index (χ1v) is 10.8. The van der Waals surface area contributed by atoms with E-state index >= 15 is 0 Å². The van der Waals surface area contributed by atoms with Crippen molar-refractivity contribution in [1.29, 1.82) is 0 Å². The summed E-state index contributed by atoms with van der Waals surface area (Å²) in [4.78, 5) is 27.3. The van der Waals surface area contributed by atoms with Crippen LogP contribution < -0.4 is 5.32 Å². The van der Waals surface area contributed by atoms with Gasteiger partial charge in [-0.2, -0.15) is 13.2 Å². The average Bonchev–Trinajstić information content (AvgIpc) is 2.62. The Bertz CT molecular complexity index is 577. The van der Waals surface area contributed by atoms with Crippen LogP contribution in [0, 0.1) is 0 Å². The zero-order valence-electron chi connectivity index (χ0n) is 20.8. The predicted molar refractivity (Wildman–Crippen MR) is 118 cm³/mol. The highest BCUT2D eigenvalue weighted by molar-refractivity contribution is 5.73. The van der Waals surface area contributed by atoms with Crippen LogP contribution in [0.25, 0.3) is 0 Å². The van der Waals surface area contributed by atoms with Gasteiger partial charge in [0, 0.05) is 50.3 Å². The molecule has 2 aliphatic rings. The third-order valence-corrected chi connectivity index (χ3v) is 5.52. The quantitative estimate of drug-likeness (QED) is 0.563. The number of halogens is 3. The molecule has 2 heterocycles. The molecule has 2 N–H and O–H groups in total. The van der Waals surface area contributed by atoms with Crippen LogP contribution in [0.1, 0.15) is 48.5 Å². The molecule has 0 aliphatic carbocycles. The Hall–Kier alpha value is -1.59. The van der Waals surface area contributed by atoms with Gasteiger partial charge < -0.3 is 20.1 Å². The molecule has 2 saturated heterocycles. The van der Waals surface area contributed by atoms with Crippen molar-refractivity contribution >= 4 is 12.1 Å².